The number of hydrogen-bond donors (Lipinski definition) is 2. The lowest BCUT2D eigenvalue weighted by molar-refractivity contribution is 0.427. The molecule has 0 bridgehead atoms. The van der Waals surface area contributed by atoms with Crippen LogP contribution in [0.3, 0.4) is 0 Å². The van der Waals surface area contributed by atoms with E-state index in [0.29, 0.717) is 11.3 Å². The van der Waals surface area contributed by atoms with Crippen molar-refractivity contribution in [3.8, 4) is 0 Å². The minimum Gasteiger partial charge on any atom is -0.281 e. The van der Waals surface area contributed by atoms with Crippen molar-refractivity contribution in [2.75, 3.05) is 5.01 Å². The van der Waals surface area contributed by atoms with Crippen LogP contribution >= 0.6 is 0 Å². The predicted octanol–water partition coefficient (Wildman–Crippen LogP) is 1.17. The molecule has 1 aromatic carbocycles. The SMILES string of the molecule is O=S(=O)(O)C1=Cc2ccccc2N2C(S(=O)(=O)O)=CC=CN12. The number of hydrazine groups is 1. The van der Waals surface area contributed by atoms with Crippen LogP contribution in [-0.4, -0.2) is 31.0 Å². The molecule has 0 radical (unpaired) electrons. The highest BCUT2D eigenvalue weighted by Gasteiger charge is 2.37. The molecule has 0 aromatic heterocycles. The highest BCUT2D eigenvalue weighted by molar-refractivity contribution is 7.90. The molecular formula is C12H10N2O6S2. The molecule has 116 valence electrons. The van der Waals surface area contributed by atoms with E-state index < -0.39 is 30.3 Å². The molecular weight excluding hydrogens is 332 g/mol. The molecule has 2 N–H and O–H groups in total. The normalized spacial score (nSPS) is 17.5. The van der Waals surface area contributed by atoms with E-state index in [-0.39, 0.29) is 0 Å². The summed E-state index contributed by atoms with van der Waals surface area (Å²) in [7, 11) is -9.23. The summed E-state index contributed by atoms with van der Waals surface area (Å²) in [6, 6.07) is 6.36. The second-order valence-corrected chi connectivity index (χ2v) is 7.23. The summed E-state index contributed by atoms with van der Waals surface area (Å²) in [5.41, 5.74) is 0.708. The van der Waals surface area contributed by atoms with E-state index in [1.165, 1.54) is 18.4 Å². The quantitative estimate of drug-likeness (QED) is 0.770. The van der Waals surface area contributed by atoms with Gasteiger partial charge in [0.15, 0.2) is 10.1 Å². The van der Waals surface area contributed by atoms with Crippen LogP contribution < -0.4 is 5.01 Å². The molecule has 2 heterocycles. The number of hydrogen-bond acceptors (Lipinski definition) is 6. The maximum Gasteiger partial charge on any atom is 0.312 e. The van der Waals surface area contributed by atoms with Crippen molar-refractivity contribution in [2.45, 2.75) is 0 Å². The lowest BCUT2D eigenvalue weighted by Crippen LogP contribution is -2.45. The zero-order chi connectivity index (χ0) is 16.1. The average Bonchev–Trinajstić information content (AvgIpc) is 2.43. The standard InChI is InChI=1S/C12H10N2O6S2/c15-21(16,17)11-6-3-7-13-12(22(18,19)20)8-9-4-1-2-5-10(9)14(11)13/h1-8H,(H,15,16,17)(H,18,19,20). The molecule has 10 heteroatoms. The van der Waals surface area contributed by atoms with Crippen molar-refractivity contribution in [1.82, 2.24) is 5.01 Å². The first-order valence-corrected chi connectivity index (χ1v) is 8.81. The van der Waals surface area contributed by atoms with Crippen molar-refractivity contribution < 1.29 is 25.9 Å². The molecule has 0 aliphatic carbocycles. The minimum absolute atomic E-state index is 0.336. The van der Waals surface area contributed by atoms with Crippen molar-refractivity contribution in [2.24, 2.45) is 0 Å². The highest BCUT2D eigenvalue weighted by atomic mass is 32.2. The third-order valence-corrected chi connectivity index (χ3v) is 4.76. The van der Waals surface area contributed by atoms with Gasteiger partial charge in [0.05, 0.1) is 5.69 Å². The summed E-state index contributed by atoms with van der Waals surface area (Å²) >= 11 is 0. The van der Waals surface area contributed by atoms with E-state index in [0.717, 1.165) is 16.1 Å². The Balaban J connectivity index is 2.32. The summed E-state index contributed by atoms with van der Waals surface area (Å²) in [5, 5.41) is 0.863. The first kappa shape index (κ1) is 14.8. The summed E-state index contributed by atoms with van der Waals surface area (Å²) < 4.78 is 65.0. The molecule has 0 unspecified atom stereocenters. The second kappa shape index (κ2) is 4.68. The van der Waals surface area contributed by atoms with Crippen LogP contribution in [0.25, 0.3) is 6.08 Å². The molecule has 0 fully saturated rings. The van der Waals surface area contributed by atoms with Gasteiger partial charge in [-0.25, -0.2) is 10.0 Å². The number of nitrogens with zero attached hydrogens (tertiary/aromatic N) is 2. The van der Waals surface area contributed by atoms with E-state index in [4.69, 9.17) is 0 Å². The van der Waals surface area contributed by atoms with E-state index in [1.54, 1.807) is 24.3 Å². The van der Waals surface area contributed by atoms with Crippen molar-refractivity contribution >= 4 is 32.0 Å². The van der Waals surface area contributed by atoms with Gasteiger partial charge in [0.25, 0.3) is 0 Å². The van der Waals surface area contributed by atoms with Crippen molar-refractivity contribution in [3.63, 3.8) is 0 Å². The molecule has 0 saturated heterocycles. The zero-order valence-corrected chi connectivity index (χ0v) is 12.5. The Morgan fingerprint density at radius 1 is 0.909 bits per heavy atom. The van der Waals surface area contributed by atoms with Gasteiger partial charge < -0.3 is 0 Å². The van der Waals surface area contributed by atoms with Gasteiger partial charge >= 0.3 is 20.2 Å². The third-order valence-electron chi connectivity index (χ3n) is 3.09. The Morgan fingerprint density at radius 2 is 1.55 bits per heavy atom. The van der Waals surface area contributed by atoms with Crippen LogP contribution in [0, 0.1) is 0 Å². The van der Waals surface area contributed by atoms with Gasteiger partial charge in [0.1, 0.15) is 0 Å². The molecule has 22 heavy (non-hydrogen) atoms. The van der Waals surface area contributed by atoms with E-state index in [9.17, 15) is 25.9 Å². The molecule has 2 aliphatic rings. The first-order valence-electron chi connectivity index (χ1n) is 5.93. The molecule has 0 atom stereocenters. The van der Waals surface area contributed by atoms with Crippen LogP contribution in [0.2, 0.25) is 0 Å². The van der Waals surface area contributed by atoms with Crippen LogP contribution in [0.4, 0.5) is 5.69 Å². The molecule has 0 amide bonds. The summed E-state index contributed by atoms with van der Waals surface area (Å²) in [5.74, 6) is 0. The number of allylic oxidation sites excluding steroid dienone is 2. The van der Waals surface area contributed by atoms with Crippen LogP contribution in [0.15, 0.2) is 52.7 Å². The number of anilines is 1. The fraction of sp³-hybridized carbons (Fsp3) is 0. The van der Waals surface area contributed by atoms with E-state index in [1.807, 2.05) is 0 Å². The van der Waals surface area contributed by atoms with E-state index >= 15 is 0 Å². The second-order valence-electron chi connectivity index (χ2n) is 4.49. The number of rotatable bonds is 2. The van der Waals surface area contributed by atoms with Gasteiger partial charge in [0.2, 0.25) is 0 Å². The molecule has 1 aromatic rings. The lowest BCUT2D eigenvalue weighted by Gasteiger charge is -2.40. The van der Waals surface area contributed by atoms with E-state index in [2.05, 4.69) is 0 Å². The molecule has 3 rings (SSSR count). The smallest absolute Gasteiger partial charge is 0.281 e. The molecule has 2 aliphatic heterocycles. The molecule has 8 nitrogen and oxygen atoms in total. The Morgan fingerprint density at radius 3 is 2.18 bits per heavy atom. The van der Waals surface area contributed by atoms with Gasteiger partial charge in [-0.05, 0) is 24.3 Å². The Kier molecular flexibility index (Phi) is 3.14. The van der Waals surface area contributed by atoms with Gasteiger partial charge in [-0.15, -0.1) is 0 Å². The Hall–Kier alpha value is -2.14. The number of fused-ring (bicyclic) bond motifs is 3. The Labute approximate surface area is 126 Å². The summed E-state index contributed by atoms with van der Waals surface area (Å²) in [4.78, 5) is 0. The zero-order valence-electron chi connectivity index (χ0n) is 10.9. The van der Waals surface area contributed by atoms with Crippen LogP contribution in [-0.2, 0) is 20.2 Å². The topological polar surface area (TPSA) is 115 Å². The minimum atomic E-state index is -4.62. The largest absolute Gasteiger partial charge is 0.312 e. The number of para-hydroxylation sites is 1. The average molecular weight is 342 g/mol. The maximum atomic E-state index is 11.6. The van der Waals surface area contributed by atoms with Crippen LogP contribution in [0.5, 0.6) is 0 Å². The summed E-state index contributed by atoms with van der Waals surface area (Å²) in [6.45, 7) is 0. The first-order chi connectivity index (χ1) is 10.2. The predicted molar refractivity (Wildman–Crippen MR) is 79.1 cm³/mol. The van der Waals surface area contributed by atoms with Crippen molar-refractivity contribution in [1.29, 1.82) is 0 Å². The van der Waals surface area contributed by atoms with Gasteiger partial charge in [0, 0.05) is 11.8 Å². The third kappa shape index (κ3) is 2.31. The van der Waals surface area contributed by atoms with Gasteiger partial charge in [-0.2, -0.15) is 16.8 Å². The molecule has 0 saturated carbocycles. The monoisotopic (exact) mass is 342 g/mol. The number of benzene rings is 1. The fourth-order valence-corrected chi connectivity index (χ4v) is 3.56. The lowest BCUT2D eigenvalue weighted by atomic mass is 10.1. The Bertz CT molecular complexity index is 944. The summed E-state index contributed by atoms with van der Waals surface area (Å²) in [6.07, 6.45) is 4.82. The maximum absolute atomic E-state index is 11.6. The van der Waals surface area contributed by atoms with Gasteiger partial charge in [-0.1, -0.05) is 18.2 Å². The van der Waals surface area contributed by atoms with Gasteiger partial charge in [-0.3, -0.25) is 9.11 Å². The molecule has 0 spiro atoms. The highest BCUT2D eigenvalue weighted by Crippen LogP contribution is 2.38. The van der Waals surface area contributed by atoms with Crippen molar-refractivity contribution in [3.05, 3.63) is 58.2 Å². The van der Waals surface area contributed by atoms with Crippen LogP contribution in [0.1, 0.15) is 5.56 Å². The fourth-order valence-electron chi connectivity index (χ4n) is 2.25.